The van der Waals surface area contributed by atoms with Crippen molar-refractivity contribution >= 4 is 46.4 Å². The lowest BCUT2D eigenvalue weighted by Gasteiger charge is -2.07. The Bertz CT molecular complexity index is 918. The third-order valence-electron chi connectivity index (χ3n) is 3.60. The largest absolute Gasteiger partial charge is 0.456 e. The number of rotatable bonds is 9. The molecule has 0 aliphatic carbocycles. The number of carbonyl (C=O) groups excluding carboxylic acids is 3. The van der Waals surface area contributed by atoms with Crippen molar-refractivity contribution in [2.24, 2.45) is 0 Å². The molecule has 29 heavy (non-hydrogen) atoms. The van der Waals surface area contributed by atoms with Gasteiger partial charge < -0.3 is 15.4 Å². The van der Waals surface area contributed by atoms with E-state index in [-0.39, 0.29) is 24.9 Å². The molecule has 0 radical (unpaired) electrons. The number of ether oxygens (including phenoxy) is 1. The summed E-state index contributed by atoms with van der Waals surface area (Å²) in [6.07, 6.45) is 0.175. The minimum absolute atomic E-state index is 0.0203. The van der Waals surface area contributed by atoms with Gasteiger partial charge >= 0.3 is 5.97 Å². The molecule has 152 valence electrons. The predicted octanol–water partition coefficient (Wildman–Crippen LogP) is 3.54. The summed E-state index contributed by atoms with van der Waals surface area (Å²) in [5.74, 6) is -1.52. The van der Waals surface area contributed by atoms with E-state index in [4.69, 9.17) is 16.3 Å². The Morgan fingerprint density at radius 3 is 2.31 bits per heavy atom. The Labute approximate surface area is 171 Å². The highest BCUT2D eigenvalue weighted by Crippen LogP contribution is 2.17. The van der Waals surface area contributed by atoms with Crippen molar-refractivity contribution in [1.29, 1.82) is 0 Å². The molecule has 10 heteroatoms. The zero-order chi connectivity index (χ0) is 21.2. The van der Waals surface area contributed by atoms with Crippen molar-refractivity contribution in [3.8, 4) is 0 Å². The maximum atomic E-state index is 11.9. The molecule has 2 rings (SSSR count). The van der Waals surface area contributed by atoms with Gasteiger partial charge in [0.25, 0.3) is 11.6 Å². The minimum atomic E-state index is -0.616. The quantitative estimate of drug-likeness (QED) is 0.363. The first-order chi connectivity index (χ1) is 13.8. The molecule has 2 aromatic rings. The number of nitrogens with zero attached hydrogens (tertiary/aromatic N) is 1. The molecule has 0 saturated heterocycles. The van der Waals surface area contributed by atoms with Gasteiger partial charge in [-0.15, -0.1) is 0 Å². The number of esters is 1. The third kappa shape index (κ3) is 7.97. The molecule has 0 spiro atoms. The van der Waals surface area contributed by atoms with Crippen LogP contribution in [0.15, 0.2) is 48.5 Å². The van der Waals surface area contributed by atoms with E-state index in [1.165, 1.54) is 24.3 Å². The van der Waals surface area contributed by atoms with Crippen LogP contribution in [0.4, 0.5) is 17.1 Å². The van der Waals surface area contributed by atoms with Gasteiger partial charge in [0.15, 0.2) is 6.61 Å². The number of nitrogens with one attached hydrogen (secondary N) is 2. The molecule has 0 atom stereocenters. The molecule has 0 bridgehead atoms. The number of carbonyl (C=O) groups is 3. The highest BCUT2D eigenvalue weighted by Gasteiger charge is 2.11. The second-order valence-corrected chi connectivity index (χ2v) is 6.36. The van der Waals surface area contributed by atoms with Crippen LogP contribution in [0.1, 0.15) is 19.3 Å². The van der Waals surface area contributed by atoms with E-state index in [2.05, 4.69) is 10.6 Å². The van der Waals surface area contributed by atoms with Gasteiger partial charge in [-0.2, -0.15) is 0 Å². The van der Waals surface area contributed by atoms with Gasteiger partial charge in [0.1, 0.15) is 0 Å². The summed E-state index contributed by atoms with van der Waals surface area (Å²) in [4.78, 5) is 45.5. The van der Waals surface area contributed by atoms with Gasteiger partial charge in [-0.3, -0.25) is 24.5 Å². The molecular formula is C19H18ClN3O6. The summed E-state index contributed by atoms with van der Waals surface area (Å²) in [6, 6.07) is 12.1. The number of nitro groups is 1. The fourth-order valence-corrected chi connectivity index (χ4v) is 2.49. The number of hydrogen-bond acceptors (Lipinski definition) is 6. The van der Waals surface area contributed by atoms with Crippen LogP contribution in [0, 0.1) is 10.1 Å². The van der Waals surface area contributed by atoms with Gasteiger partial charge in [-0.25, -0.2) is 0 Å². The van der Waals surface area contributed by atoms with Gasteiger partial charge in [-0.05, 0) is 30.7 Å². The summed E-state index contributed by atoms with van der Waals surface area (Å²) in [7, 11) is 0. The van der Waals surface area contributed by atoms with Crippen molar-refractivity contribution in [1.82, 2.24) is 0 Å². The maximum absolute atomic E-state index is 11.9. The number of amides is 2. The standard InChI is InChI=1S/C19H18ClN3O6/c20-13-4-1-5-14(10-13)22-18(25)12-29-19(26)9-3-8-17(24)21-15-6-2-7-16(11-15)23(27)28/h1-2,4-7,10-11H,3,8-9,12H2,(H,21,24)(H,22,25). The van der Waals surface area contributed by atoms with Crippen LogP contribution in [0.5, 0.6) is 0 Å². The van der Waals surface area contributed by atoms with Gasteiger partial charge in [0.05, 0.1) is 4.92 Å². The zero-order valence-corrected chi connectivity index (χ0v) is 16.0. The summed E-state index contributed by atoms with van der Waals surface area (Å²) >= 11 is 5.81. The maximum Gasteiger partial charge on any atom is 0.306 e. The average molecular weight is 420 g/mol. The van der Waals surface area contributed by atoms with E-state index in [1.807, 2.05) is 0 Å². The normalized spacial score (nSPS) is 10.1. The van der Waals surface area contributed by atoms with E-state index in [1.54, 1.807) is 24.3 Å². The number of non-ortho nitro benzene ring substituents is 1. The van der Waals surface area contributed by atoms with Crippen LogP contribution in [-0.2, 0) is 19.1 Å². The van der Waals surface area contributed by atoms with Crippen molar-refractivity contribution in [3.05, 3.63) is 63.7 Å². The lowest BCUT2D eigenvalue weighted by atomic mass is 10.2. The fourth-order valence-electron chi connectivity index (χ4n) is 2.30. The smallest absolute Gasteiger partial charge is 0.306 e. The number of anilines is 2. The van der Waals surface area contributed by atoms with E-state index in [0.717, 1.165) is 0 Å². The SMILES string of the molecule is O=C(CCCC(=O)OCC(=O)Nc1cccc(Cl)c1)Nc1cccc([N+](=O)[O-])c1. The zero-order valence-electron chi connectivity index (χ0n) is 15.2. The van der Waals surface area contributed by atoms with Crippen LogP contribution in [0.3, 0.4) is 0 Å². The molecule has 2 aromatic carbocycles. The Morgan fingerprint density at radius 1 is 0.966 bits per heavy atom. The highest BCUT2D eigenvalue weighted by atomic mass is 35.5. The third-order valence-corrected chi connectivity index (χ3v) is 3.83. The predicted molar refractivity (Wildman–Crippen MR) is 107 cm³/mol. The first-order valence-electron chi connectivity index (χ1n) is 8.59. The molecule has 0 aliphatic rings. The van der Waals surface area contributed by atoms with Crippen LogP contribution < -0.4 is 10.6 Å². The van der Waals surface area contributed by atoms with Gasteiger partial charge in [0, 0.05) is 41.4 Å². The van der Waals surface area contributed by atoms with Crippen LogP contribution >= 0.6 is 11.6 Å². The Balaban J connectivity index is 1.66. The number of nitro benzene ring substituents is 1. The highest BCUT2D eigenvalue weighted by molar-refractivity contribution is 6.30. The lowest BCUT2D eigenvalue weighted by molar-refractivity contribution is -0.384. The van der Waals surface area contributed by atoms with E-state index in [9.17, 15) is 24.5 Å². The van der Waals surface area contributed by atoms with E-state index < -0.39 is 29.3 Å². The van der Waals surface area contributed by atoms with Crippen molar-refractivity contribution in [2.45, 2.75) is 19.3 Å². The molecule has 0 aliphatic heterocycles. The summed E-state index contributed by atoms with van der Waals surface area (Å²) in [5.41, 5.74) is 0.642. The number of benzene rings is 2. The average Bonchev–Trinajstić information content (AvgIpc) is 2.66. The number of hydrogen-bond donors (Lipinski definition) is 2. The molecule has 9 nitrogen and oxygen atoms in total. The molecular weight excluding hydrogens is 402 g/mol. The van der Waals surface area contributed by atoms with Crippen molar-refractivity contribution in [2.75, 3.05) is 17.2 Å². The molecule has 0 saturated carbocycles. The first kappa shape index (κ1) is 21.8. The fraction of sp³-hybridized carbons (Fsp3) is 0.211. The number of halogens is 1. The van der Waals surface area contributed by atoms with E-state index >= 15 is 0 Å². The van der Waals surface area contributed by atoms with Gasteiger partial charge in [-0.1, -0.05) is 23.7 Å². The summed E-state index contributed by atoms with van der Waals surface area (Å²) in [5, 5.41) is 16.2. The molecule has 0 aromatic heterocycles. The Morgan fingerprint density at radius 2 is 1.62 bits per heavy atom. The lowest BCUT2D eigenvalue weighted by Crippen LogP contribution is -2.21. The second-order valence-electron chi connectivity index (χ2n) is 5.93. The minimum Gasteiger partial charge on any atom is -0.456 e. The monoisotopic (exact) mass is 419 g/mol. The Hall–Kier alpha value is -3.46. The Kier molecular flexibility index (Phi) is 8.11. The van der Waals surface area contributed by atoms with Crippen molar-refractivity contribution in [3.63, 3.8) is 0 Å². The summed E-state index contributed by atoms with van der Waals surface area (Å²) in [6.45, 7) is -0.453. The topological polar surface area (TPSA) is 128 Å². The van der Waals surface area contributed by atoms with Crippen LogP contribution in [0.2, 0.25) is 5.02 Å². The molecule has 0 unspecified atom stereocenters. The molecule has 2 amide bonds. The second kappa shape index (κ2) is 10.8. The van der Waals surface area contributed by atoms with Gasteiger partial charge in [0.2, 0.25) is 5.91 Å². The van der Waals surface area contributed by atoms with Crippen LogP contribution in [-0.4, -0.2) is 29.3 Å². The summed E-state index contributed by atoms with van der Waals surface area (Å²) < 4.78 is 4.86. The van der Waals surface area contributed by atoms with E-state index in [0.29, 0.717) is 16.4 Å². The molecule has 0 heterocycles. The first-order valence-corrected chi connectivity index (χ1v) is 8.96. The van der Waals surface area contributed by atoms with Crippen LogP contribution in [0.25, 0.3) is 0 Å². The molecule has 2 N–H and O–H groups in total. The van der Waals surface area contributed by atoms with Crippen molar-refractivity contribution < 1.29 is 24.0 Å². The molecule has 0 fully saturated rings.